The molecule has 0 saturated heterocycles. The maximum absolute atomic E-state index is 13.2. The van der Waals surface area contributed by atoms with Crippen molar-refractivity contribution in [3.05, 3.63) is 83.9 Å². The first-order valence-electron chi connectivity index (χ1n) is 10.4. The number of benzene rings is 3. The second-order valence-electron chi connectivity index (χ2n) is 7.66. The van der Waals surface area contributed by atoms with E-state index in [0.717, 1.165) is 22.6 Å². The van der Waals surface area contributed by atoms with E-state index in [1.54, 1.807) is 19.2 Å². The predicted molar refractivity (Wildman–Crippen MR) is 125 cm³/mol. The smallest absolute Gasteiger partial charge is 0.416 e. The normalized spacial score (nSPS) is 15.9. The van der Waals surface area contributed by atoms with Gasteiger partial charge in [-0.15, -0.1) is 11.8 Å². The Morgan fingerprint density at radius 2 is 1.82 bits per heavy atom. The molecule has 0 spiro atoms. The van der Waals surface area contributed by atoms with Gasteiger partial charge in [0.1, 0.15) is 12.3 Å². The summed E-state index contributed by atoms with van der Waals surface area (Å²) < 4.78 is 44.2. The highest BCUT2D eigenvalue weighted by molar-refractivity contribution is 7.99. The topological polar surface area (TPSA) is 58.6 Å². The van der Waals surface area contributed by atoms with Crippen molar-refractivity contribution in [2.75, 3.05) is 23.9 Å². The Kier molecular flexibility index (Phi) is 6.83. The van der Waals surface area contributed by atoms with Gasteiger partial charge in [-0.1, -0.05) is 30.3 Å². The van der Waals surface area contributed by atoms with E-state index < -0.39 is 17.6 Å². The maximum atomic E-state index is 13.2. The van der Waals surface area contributed by atoms with Crippen LogP contribution in [0.1, 0.15) is 22.8 Å². The summed E-state index contributed by atoms with van der Waals surface area (Å²) in [4.78, 5) is 28.2. The van der Waals surface area contributed by atoms with Crippen molar-refractivity contribution in [3.63, 3.8) is 0 Å². The third kappa shape index (κ3) is 5.36. The standard InChI is InChI=1S/C25H21F3N2O3S/c1-33-19-11-9-16(10-12-19)22-14-24(32)30(20-7-2-3-8-21(20)34-22)15-23(31)29-18-6-4-5-17(13-18)25(26,27)28/h2-13,22H,14-15H2,1H3,(H,29,31)/t22-/m0/s1. The molecule has 1 heterocycles. The number of anilines is 2. The van der Waals surface area contributed by atoms with Gasteiger partial charge in [0.05, 0.1) is 18.4 Å². The number of ether oxygens (including phenoxy) is 1. The summed E-state index contributed by atoms with van der Waals surface area (Å²) >= 11 is 1.53. The second kappa shape index (κ2) is 9.80. The van der Waals surface area contributed by atoms with E-state index in [-0.39, 0.29) is 29.8 Å². The zero-order valence-corrected chi connectivity index (χ0v) is 19.0. The largest absolute Gasteiger partial charge is 0.497 e. The van der Waals surface area contributed by atoms with Crippen LogP contribution in [-0.4, -0.2) is 25.5 Å². The van der Waals surface area contributed by atoms with Gasteiger partial charge in [0.2, 0.25) is 11.8 Å². The van der Waals surface area contributed by atoms with E-state index in [9.17, 15) is 22.8 Å². The molecule has 4 rings (SSSR count). The summed E-state index contributed by atoms with van der Waals surface area (Å²) in [7, 11) is 1.58. The van der Waals surface area contributed by atoms with E-state index in [1.165, 1.54) is 28.8 Å². The summed E-state index contributed by atoms with van der Waals surface area (Å²) in [5.74, 6) is -0.130. The number of carbonyl (C=O) groups is 2. The van der Waals surface area contributed by atoms with E-state index in [0.29, 0.717) is 11.4 Å². The van der Waals surface area contributed by atoms with Gasteiger partial charge in [-0.05, 0) is 48.0 Å². The van der Waals surface area contributed by atoms with Crippen molar-refractivity contribution in [3.8, 4) is 5.75 Å². The van der Waals surface area contributed by atoms with Gasteiger partial charge in [-0.25, -0.2) is 0 Å². The van der Waals surface area contributed by atoms with Crippen molar-refractivity contribution >= 4 is 35.0 Å². The van der Waals surface area contributed by atoms with Crippen molar-refractivity contribution in [1.82, 2.24) is 0 Å². The van der Waals surface area contributed by atoms with Gasteiger partial charge in [0.25, 0.3) is 0 Å². The maximum Gasteiger partial charge on any atom is 0.416 e. The molecule has 1 aliphatic rings. The fraction of sp³-hybridized carbons (Fsp3) is 0.200. The summed E-state index contributed by atoms with van der Waals surface area (Å²) in [6, 6.07) is 19.1. The van der Waals surface area contributed by atoms with E-state index >= 15 is 0 Å². The van der Waals surface area contributed by atoms with Crippen LogP contribution in [0, 0.1) is 0 Å². The molecule has 0 aromatic heterocycles. The first kappa shape index (κ1) is 23.7. The zero-order valence-electron chi connectivity index (χ0n) is 18.1. The monoisotopic (exact) mass is 486 g/mol. The lowest BCUT2D eigenvalue weighted by Crippen LogP contribution is -2.38. The molecule has 0 unspecified atom stereocenters. The molecule has 5 nitrogen and oxygen atoms in total. The van der Waals surface area contributed by atoms with Gasteiger partial charge < -0.3 is 15.0 Å². The van der Waals surface area contributed by atoms with Crippen LogP contribution in [0.4, 0.5) is 24.5 Å². The molecule has 0 saturated carbocycles. The zero-order chi connectivity index (χ0) is 24.3. The number of para-hydroxylation sites is 1. The summed E-state index contributed by atoms with van der Waals surface area (Å²) in [5, 5.41) is 2.31. The molecule has 0 fully saturated rings. The summed E-state index contributed by atoms with van der Waals surface area (Å²) in [5.41, 5.74) is 0.693. The minimum Gasteiger partial charge on any atom is -0.497 e. The molecule has 1 N–H and O–H groups in total. The number of hydrogen-bond acceptors (Lipinski definition) is 4. The van der Waals surface area contributed by atoms with Crippen LogP contribution >= 0.6 is 11.8 Å². The lowest BCUT2D eigenvalue weighted by Gasteiger charge is -2.22. The van der Waals surface area contributed by atoms with Crippen molar-refractivity contribution in [1.29, 1.82) is 0 Å². The Bertz CT molecular complexity index is 1200. The predicted octanol–water partition coefficient (Wildman–Crippen LogP) is 5.92. The molecule has 0 bridgehead atoms. The minimum absolute atomic E-state index is 0.0147. The Morgan fingerprint density at radius 3 is 2.53 bits per heavy atom. The SMILES string of the molecule is COc1ccc([C@@H]2CC(=O)N(CC(=O)Nc3cccc(C(F)(F)F)c3)c3ccccc3S2)cc1. The number of thioether (sulfide) groups is 1. The highest BCUT2D eigenvalue weighted by Gasteiger charge is 2.32. The lowest BCUT2D eigenvalue weighted by atomic mass is 10.1. The molecular formula is C25H21F3N2O3S. The van der Waals surface area contributed by atoms with Gasteiger partial charge >= 0.3 is 6.18 Å². The average molecular weight is 487 g/mol. The fourth-order valence-electron chi connectivity index (χ4n) is 3.67. The highest BCUT2D eigenvalue weighted by Crippen LogP contribution is 2.45. The van der Waals surface area contributed by atoms with E-state index in [4.69, 9.17) is 4.74 Å². The number of alkyl halides is 3. The quantitative estimate of drug-likeness (QED) is 0.486. The first-order valence-corrected chi connectivity index (χ1v) is 11.3. The number of methoxy groups -OCH3 is 1. The molecule has 1 atom stereocenters. The lowest BCUT2D eigenvalue weighted by molar-refractivity contribution is -0.137. The number of carbonyl (C=O) groups excluding carboxylic acids is 2. The number of halogens is 3. The molecule has 0 radical (unpaired) electrons. The fourth-order valence-corrected chi connectivity index (χ4v) is 4.95. The molecule has 3 aromatic carbocycles. The molecule has 3 aromatic rings. The van der Waals surface area contributed by atoms with Gasteiger partial charge in [0.15, 0.2) is 0 Å². The second-order valence-corrected chi connectivity index (χ2v) is 8.90. The van der Waals surface area contributed by atoms with E-state index in [2.05, 4.69) is 5.32 Å². The first-order chi connectivity index (χ1) is 16.2. The Labute approximate surface area is 198 Å². The van der Waals surface area contributed by atoms with E-state index in [1.807, 2.05) is 36.4 Å². The van der Waals surface area contributed by atoms with Crippen molar-refractivity contribution in [2.45, 2.75) is 22.7 Å². The number of nitrogens with one attached hydrogen (secondary N) is 1. The van der Waals surface area contributed by atoms with Crippen LogP contribution in [0.15, 0.2) is 77.7 Å². The number of hydrogen-bond donors (Lipinski definition) is 1. The van der Waals surface area contributed by atoms with Crippen LogP contribution in [0.2, 0.25) is 0 Å². The third-order valence-corrected chi connectivity index (χ3v) is 6.67. The number of amides is 2. The minimum atomic E-state index is -4.52. The Morgan fingerprint density at radius 1 is 1.09 bits per heavy atom. The molecular weight excluding hydrogens is 465 g/mol. The molecule has 9 heteroatoms. The number of fused-ring (bicyclic) bond motifs is 1. The average Bonchev–Trinajstić information content (AvgIpc) is 2.95. The van der Waals surface area contributed by atoms with Gasteiger partial charge in [0, 0.05) is 22.3 Å². The van der Waals surface area contributed by atoms with Crippen LogP contribution in [-0.2, 0) is 15.8 Å². The molecule has 176 valence electrons. The third-order valence-electron chi connectivity index (χ3n) is 5.35. The number of nitrogens with zero attached hydrogens (tertiary/aromatic N) is 1. The Balaban J connectivity index is 1.55. The van der Waals surface area contributed by atoms with Crippen LogP contribution in [0.5, 0.6) is 5.75 Å². The summed E-state index contributed by atoms with van der Waals surface area (Å²) in [6.07, 6.45) is -4.36. The van der Waals surface area contributed by atoms with Crippen LogP contribution in [0.25, 0.3) is 0 Å². The molecule has 1 aliphatic heterocycles. The van der Waals surface area contributed by atoms with Crippen LogP contribution in [0.3, 0.4) is 0 Å². The highest BCUT2D eigenvalue weighted by atomic mass is 32.2. The summed E-state index contributed by atoms with van der Waals surface area (Å²) in [6.45, 7) is -0.317. The van der Waals surface area contributed by atoms with Gasteiger partial charge in [-0.3, -0.25) is 9.59 Å². The van der Waals surface area contributed by atoms with Crippen molar-refractivity contribution < 1.29 is 27.5 Å². The van der Waals surface area contributed by atoms with Crippen molar-refractivity contribution in [2.24, 2.45) is 0 Å². The molecule has 0 aliphatic carbocycles. The van der Waals surface area contributed by atoms with Crippen LogP contribution < -0.4 is 15.0 Å². The number of rotatable bonds is 5. The van der Waals surface area contributed by atoms with Gasteiger partial charge in [-0.2, -0.15) is 13.2 Å². The molecule has 34 heavy (non-hydrogen) atoms. The Hall–Kier alpha value is -3.46. The molecule has 2 amide bonds.